The van der Waals surface area contributed by atoms with Gasteiger partial charge in [0.15, 0.2) is 0 Å². The molecule has 4 nitrogen and oxygen atoms in total. The molecule has 0 unspecified atom stereocenters. The minimum absolute atomic E-state index is 0.236. The van der Waals surface area contributed by atoms with Crippen molar-refractivity contribution in [1.29, 1.82) is 5.26 Å². The minimum atomic E-state index is -0.236. The van der Waals surface area contributed by atoms with Crippen molar-refractivity contribution in [2.24, 2.45) is 0 Å². The van der Waals surface area contributed by atoms with Gasteiger partial charge in [-0.1, -0.05) is 12.2 Å². The number of ether oxygens (including phenoxy) is 1. The number of aromatic amines is 1. The molecule has 2 aromatic heterocycles. The SMILES string of the molecule is CC1(C)Cc2[nH]c(=S)c(C#N)c(-c3ccco3)c2CO1. The van der Waals surface area contributed by atoms with Gasteiger partial charge in [0, 0.05) is 23.2 Å². The molecule has 3 heterocycles. The normalized spacial score (nSPS) is 16.4. The molecule has 0 atom stereocenters. The summed E-state index contributed by atoms with van der Waals surface area (Å²) in [5, 5.41) is 9.38. The highest BCUT2D eigenvalue weighted by atomic mass is 32.1. The number of H-pyrrole nitrogens is 1. The maximum absolute atomic E-state index is 9.38. The van der Waals surface area contributed by atoms with Crippen molar-refractivity contribution in [3.8, 4) is 17.4 Å². The van der Waals surface area contributed by atoms with Gasteiger partial charge in [0.2, 0.25) is 0 Å². The van der Waals surface area contributed by atoms with E-state index in [-0.39, 0.29) is 5.60 Å². The van der Waals surface area contributed by atoms with Crippen molar-refractivity contribution in [3.05, 3.63) is 39.9 Å². The Bertz CT molecular complexity index is 751. The predicted molar refractivity (Wildman–Crippen MR) is 76.6 cm³/mol. The minimum Gasteiger partial charge on any atom is -0.464 e. The van der Waals surface area contributed by atoms with Crippen LogP contribution in [0, 0.1) is 16.0 Å². The van der Waals surface area contributed by atoms with Crippen molar-refractivity contribution >= 4 is 12.2 Å². The van der Waals surface area contributed by atoms with Crippen LogP contribution in [0.4, 0.5) is 0 Å². The Morgan fingerprint density at radius 1 is 1.45 bits per heavy atom. The molecule has 20 heavy (non-hydrogen) atoms. The molecule has 5 heteroatoms. The first-order chi connectivity index (χ1) is 9.52. The van der Waals surface area contributed by atoms with Crippen molar-refractivity contribution in [2.45, 2.75) is 32.5 Å². The number of pyridine rings is 1. The number of fused-ring (bicyclic) bond motifs is 1. The first-order valence-electron chi connectivity index (χ1n) is 6.38. The number of nitriles is 1. The summed E-state index contributed by atoms with van der Waals surface area (Å²) in [6.07, 6.45) is 2.32. The average molecular weight is 286 g/mol. The molecular formula is C15H14N2O2S. The Balaban J connectivity index is 2.30. The summed E-state index contributed by atoms with van der Waals surface area (Å²) in [5.74, 6) is 0.654. The molecule has 0 fully saturated rings. The number of furan rings is 1. The monoisotopic (exact) mass is 286 g/mol. The average Bonchev–Trinajstić information content (AvgIpc) is 2.89. The third-order valence-electron chi connectivity index (χ3n) is 3.50. The molecule has 0 saturated carbocycles. The van der Waals surface area contributed by atoms with Crippen LogP contribution < -0.4 is 0 Å². The standard InChI is InChI=1S/C15H14N2O2S/c1-15(2)6-11-10(8-19-15)13(12-4-3-5-18-12)9(7-16)14(20)17-11/h3-5H,6,8H2,1-2H3,(H,17,20). The molecule has 0 radical (unpaired) electrons. The Morgan fingerprint density at radius 3 is 2.90 bits per heavy atom. The maximum Gasteiger partial charge on any atom is 0.135 e. The van der Waals surface area contributed by atoms with Gasteiger partial charge in [0.1, 0.15) is 16.5 Å². The summed E-state index contributed by atoms with van der Waals surface area (Å²) in [5.41, 5.74) is 2.95. The summed E-state index contributed by atoms with van der Waals surface area (Å²) in [4.78, 5) is 3.18. The Morgan fingerprint density at radius 2 is 2.25 bits per heavy atom. The predicted octanol–water partition coefficient (Wildman–Crippen LogP) is 3.73. The van der Waals surface area contributed by atoms with Crippen LogP contribution in [-0.2, 0) is 17.8 Å². The first kappa shape index (κ1) is 13.1. The smallest absolute Gasteiger partial charge is 0.135 e. The first-order valence-corrected chi connectivity index (χ1v) is 6.78. The quantitative estimate of drug-likeness (QED) is 0.811. The molecule has 0 aliphatic carbocycles. The van der Waals surface area contributed by atoms with E-state index >= 15 is 0 Å². The third kappa shape index (κ3) is 2.07. The zero-order valence-corrected chi connectivity index (χ0v) is 12.1. The molecule has 1 N–H and O–H groups in total. The number of hydrogen-bond donors (Lipinski definition) is 1. The van der Waals surface area contributed by atoms with Gasteiger partial charge in [0.05, 0.1) is 24.0 Å². The second-order valence-electron chi connectivity index (χ2n) is 5.48. The highest BCUT2D eigenvalue weighted by Gasteiger charge is 2.30. The lowest BCUT2D eigenvalue weighted by atomic mass is 9.91. The fourth-order valence-corrected chi connectivity index (χ4v) is 2.82. The van der Waals surface area contributed by atoms with E-state index in [1.165, 1.54) is 0 Å². The van der Waals surface area contributed by atoms with Gasteiger partial charge in [-0.2, -0.15) is 5.26 Å². The van der Waals surface area contributed by atoms with Gasteiger partial charge < -0.3 is 14.1 Å². The van der Waals surface area contributed by atoms with Crippen molar-refractivity contribution in [2.75, 3.05) is 0 Å². The molecular weight excluding hydrogens is 272 g/mol. The van der Waals surface area contributed by atoms with E-state index in [0.717, 1.165) is 23.2 Å². The molecule has 0 amide bonds. The Hall–Kier alpha value is -1.90. The zero-order valence-electron chi connectivity index (χ0n) is 11.3. The molecule has 2 aromatic rings. The number of nitrogens with zero attached hydrogens (tertiary/aromatic N) is 1. The lowest BCUT2D eigenvalue weighted by Crippen LogP contribution is -2.33. The molecule has 102 valence electrons. The highest BCUT2D eigenvalue weighted by molar-refractivity contribution is 7.71. The second-order valence-corrected chi connectivity index (χ2v) is 5.88. The summed E-state index contributed by atoms with van der Waals surface area (Å²) in [7, 11) is 0. The number of rotatable bonds is 1. The van der Waals surface area contributed by atoms with Gasteiger partial charge in [-0.15, -0.1) is 0 Å². The van der Waals surface area contributed by atoms with Gasteiger partial charge in [-0.05, 0) is 26.0 Å². The van der Waals surface area contributed by atoms with Crippen molar-refractivity contribution in [1.82, 2.24) is 4.98 Å². The van der Waals surface area contributed by atoms with Crippen molar-refractivity contribution < 1.29 is 9.15 Å². The van der Waals surface area contributed by atoms with Crippen LogP contribution in [0.25, 0.3) is 11.3 Å². The molecule has 0 spiro atoms. The molecule has 1 aliphatic heterocycles. The van der Waals surface area contributed by atoms with Gasteiger partial charge in [-0.25, -0.2) is 0 Å². The van der Waals surface area contributed by atoms with Gasteiger partial charge in [-0.3, -0.25) is 0 Å². The Labute approximate surface area is 122 Å². The lowest BCUT2D eigenvalue weighted by Gasteiger charge is -2.32. The van der Waals surface area contributed by atoms with Crippen molar-refractivity contribution in [3.63, 3.8) is 0 Å². The van der Waals surface area contributed by atoms with Gasteiger partial charge in [0.25, 0.3) is 0 Å². The fraction of sp³-hybridized carbons (Fsp3) is 0.333. The van der Waals surface area contributed by atoms with Crippen LogP contribution in [0.15, 0.2) is 22.8 Å². The van der Waals surface area contributed by atoms with E-state index in [1.54, 1.807) is 12.3 Å². The van der Waals surface area contributed by atoms with E-state index < -0.39 is 0 Å². The van der Waals surface area contributed by atoms with Crippen LogP contribution in [0.1, 0.15) is 30.7 Å². The number of hydrogen-bond acceptors (Lipinski definition) is 4. The molecule has 0 bridgehead atoms. The van der Waals surface area contributed by atoms with Crippen LogP contribution in [0.3, 0.4) is 0 Å². The molecule has 0 aromatic carbocycles. The fourth-order valence-electron chi connectivity index (χ4n) is 2.54. The zero-order chi connectivity index (χ0) is 14.3. The van der Waals surface area contributed by atoms with E-state index in [2.05, 4.69) is 11.1 Å². The topological polar surface area (TPSA) is 62.0 Å². The van der Waals surface area contributed by atoms with Crippen LogP contribution in [0.2, 0.25) is 0 Å². The van der Waals surface area contributed by atoms with E-state index in [1.807, 2.05) is 19.9 Å². The summed E-state index contributed by atoms with van der Waals surface area (Å²) in [6.45, 7) is 4.52. The van der Waals surface area contributed by atoms with Crippen LogP contribution >= 0.6 is 12.2 Å². The Kier molecular flexibility index (Phi) is 3.00. The van der Waals surface area contributed by atoms with E-state index in [4.69, 9.17) is 21.4 Å². The summed E-state index contributed by atoms with van der Waals surface area (Å²) in [6, 6.07) is 5.81. The number of aromatic nitrogens is 1. The molecule has 3 rings (SSSR count). The lowest BCUT2D eigenvalue weighted by molar-refractivity contribution is -0.0411. The maximum atomic E-state index is 9.38. The van der Waals surface area contributed by atoms with Crippen LogP contribution in [-0.4, -0.2) is 10.6 Å². The third-order valence-corrected chi connectivity index (χ3v) is 3.80. The molecule has 0 saturated heterocycles. The van der Waals surface area contributed by atoms with E-state index in [9.17, 15) is 5.26 Å². The summed E-state index contributed by atoms with van der Waals surface area (Å²) < 4.78 is 11.8. The van der Waals surface area contributed by atoms with E-state index in [0.29, 0.717) is 22.6 Å². The summed E-state index contributed by atoms with van der Waals surface area (Å²) >= 11 is 5.31. The number of nitrogens with one attached hydrogen (secondary N) is 1. The largest absolute Gasteiger partial charge is 0.464 e. The second kappa shape index (κ2) is 4.58. The van der Waals surface area contributed by atoms with Gasteiger partial charge >= 0.3 is 0 Å². The highest BCUT2D eigenvalue weighted by Crippen LogP contribution is 2.36. The molecule has 1 aliphatic rings. The van der Waals surface area contributed by atoms with Crippen LogP contribution in [0.5, 0.6) is 0 Å².